The first-order valence-corrected chi connectivity index (χ1v) is 9.78. The van der Waals surface area contributed by atoms with Crippen LogP contribution in [0.5, 0.6) is 0 Å². The molecule has 0 unspecified atom stereocenters. The fourth-order valence-corrected chi connectivity index (χ4v) is 3.11. The van der Waals surface area contributed by atoms with Gasteiger partial charge in [0.25, 0.3) is 0 Å². The first-order chi connectivity index (χ1) is 10.2. The number of nitrogens with zero attached hydrogens (tertiary/aromatic N) is 2. The molecular weight excluding hydrogens is 368 g/mol. The molecule has 0 atom stereocenters. The zero-order valence-electron chi connectivity index (χ0n) is 13.5. The highest BCUT2D eigenvalue weighted by Gasteiger charge is 2.22. The van der Waals surface area contributed by atoms with Gasteiger partial charge in [0, 0.05) is 18.1 Å². The summed E-state index contributed by atoms with van der Waals surface area (Å²) < 4.78 is 26.0. The SMILES string of the molecule is CCCCN(C)C(=O)CN(c1ccc(C)c(Br)c1)S(C)(=O)=O. The predicted molar refractivity (Wildman–Crippen MR) is 93.6 cm³/mol. The molecule has 1 aromatic rings. The molecular formula is C15H23BrN2O3S. The number of aryl methyl sites for hydroxylation is 1. The van der Waals surface area contributed by atoms with Gasteiger partial charge in [-0.25, -0.2) is 8.42 Å². The van der Waals surface area contributed by atoms with E-state index in [0.717, 1.165) is 33.4 Å². The summed E-state index contributed by atoms with van der Waals surface area (Å²) in [5.41, 5.74) is 1.49. The Balaban J connectivity index is 3.00. The third-order valence-electron chi connectivity index (χ3n) is 3.40. The summed E-state index contributed by atoms with van der Waals surface area (Å²) in [6.07, 6.45) is 3.00. The monoisotopic (exact) mass is 390 g/mol. The number of hydrogen-bond donors (Lipinski definition) is 0. The number of benzene rings is 1. The summed E-state index contributed by atoms with van der Waals surface area (Å²) in [5, 5.41) is 0. The largest absolute Gasteiger partial charge is 0.344 e. The second-order valence-electron chi connectivity index (χ2n) is 5.37. The number of carbonyl (C=O) groups excluding carboxylic acids is 1. The molecule has 0 radical (unpaired) electrons. The van der Waals surface area contributed by atoms with E-state index in [1.54, 1.807) is 24.1 Å². The summed E-state index contributed by atoms with van der Waals surface area (Å²) in [6, 6.07) is 5.25. The van der Waals surface area contributed by atoms with E-state index in [0.29, 0.717) is 12.2 Å². The first-order valence-electron chi connectivity index (χ1n) is 7.14. The number of halogens is 1. The van der Waals surface area contributed by atoms with Gasteiger partial charge in [-0.05, 0) is 31.0 Å². The van der Waals surface area contributed by atoms with Crippen LogP contribution in [-0.2, 0) is 14.8 Å². The van der Waals surface area contributed by atoms with E-state index in [9.17, 15) is 13.2 Å². The van der Waals surface area contributed by atoms with Crippen molar-refractivity contribution in [1.29, 1.82) is 0 Å². The Kier molecular flexibility index (Phi) is 6.87. The Morgan fingerprint density at radius 3 is 2.45 bits per heavy atom. The molecule has 0 saturated carbocycles. The lowest BCUT2D eigenvalue weighted by molar-refractivity contribution is -0.128. The Morgan fingerprint density at radius 2 is 1.95 bits per heavy atom. The van der Waals surface area contributed by atoms with Gasteiger partial charge in [-0.3, -0.25) is 9.10 Å². The number of anilines is 1. The molecule has 0 aliphatic carbocycles. The smallest absolute Gasteiger partial charge is 0.243 e. The second kappa shape index (κ2) is 7.97. The second-order valence-corrected chi connectivity index (χ2v) is 8.13. The Bertz CT molecular complexity index is 632. The number of hydrogen-bond acceptors (Lipinski definition) is 3. The van der Waals surface area contributed by atoms with Crippen LogP contribution in [0.1, 0.15) is 25.3 Å². The van der Waals surface area contributed by atoms with Crippen LogP contribution >= 0.6 is 15.9 Å². The highest BCUT2D eigenvalue weighted by atomic mass is 79.9. The van der Waals surface area contributed by atoms with Gasteiger partial charge in [0.05, 0.1) is 11.9 Å². The number of unbranched alkanes of at least 4 members (excludes halogenated alkanes) is 1. The van der Waals surface area contributed by atoms with Crippen molar-refractivity contribution in [3.05, 3.63) is 28.2 Å². The van der Waals surface area contributed by atoms with E-state index in [1.165, 1.54) is 0 Å². The molecule has 0 heterocycles. The van der Waals surface area contributed by atoms with Crippen LogP contribution in [-0.4, -0.2) is 45.6 Å². The van der Waals surface area contributed by atoms with Crippen molar-refractivity contribution in [3.8, 4) is 0 Å². The van der Waals surface area contributed by atoms with Gasteiger partial charge in [0.2, 0.25) is 15.9 Å². The molecule has 124 valence electrons. The molecule has 22 heavy (non-hydrogen) atoms. The molecule has 1 amide bonds. The van der Waals surface area contributed by atoms with E-state index < -0.39 is 10.0 Å². The average Bonchev–Trinajstić information content (AvgIpc) is 2.43. The van der Waals surface area contributed by atoms with E-state index in [1.807, 2.05) is 19.9 Å². The number of amides is 1. The van der Waals surface area contributed by atoms with Crippen LogP contribution in [0.4, 0.5) is 5.69 Å². The summed E-state index contributed by atoms with van der Waals surface area (Å²) in [5.74, 6) is -0.212. The number of likely N-dealkylation sites (N-methyl/N-ethyl adjacent to an activating group) is 1. The van der Waals surface area contributed by atoms with Crippen LogP contribution in [0, 0.1) is 6.92 Å². The van der Waals surface area contributed by atoms with Crippen molar-refractivity contribution in [2.24, 2.45) is 0 Å². The Morgan fingerprint density at radius 1 is 1.32 bits per heavy atom. The highest BCUT2D eigenvalue weighted by molar-refractivity contribution is 9.10. The molecule has 0 aromatic heterocycles. The molecule has 0 N–H and O–H groups in total. The minimum atomic E-state index is -3.53. The summed E-state index contributed by atoms with van der Waals surface area (Å²) in [7, 11) is -1.83. The topological polar surface area (TPSA) is 57.7 Å². The lowest BCUT2D eigenvalue weighted by Crippen LogP contribution is -2.41. The van der Waals surface area contributed by atoms with Crippen LogP contribution in [0.3, 0.4) is 0 Å². The molecule has 0 aliphatic rings. The van der Waals surface area contributed by atoms with E-state index >= 15 is 0 Å². The van der Waals surface area contributed by atoms with Crippen LogP contribution < -0.4 is 4.31 Å². The first kappa shape index (κ1) is 19.0. The van der Waals surface area contributed by atoms with Gasteiger partial charge < -0.3 is 4.90 Å². The number of rotatable bonds is 7. The molecule has 1 aromatic carbocycles. The van der Waals surface area contributed by atoms with E-state index in [2.05, 4.69) is 15.9 Å². The van der Waals surface area contributed by atoms with Gasteiger partial charge in [-0.1, -0.05) is 35.3 Å². The van der Waals surface area contributed by atoms with Crippen molar-refractivity contribution in [1.82, 2.24) is 4.90 Å². The van der Waals surface area contributed by atoms with Gasteiger partial charge >= 0.3 is 0 Å². The van der Waals surface area contributed by atoms with E-state index in [-0.39, 0.29) is 12.5 Å². The van der Waals surface area contributed by atoms with Gasteiger partial charge in [-0.2, -0.15) is 0 Å². The minimum absolute atomic E-state index is 0.186. The fourth-order valence-electron chi connectivity index (χ4n) is 1.90. The summed E-state index contributed by atoms with van der Waals surface area (Å²) in [6.45, 7) is 4.41. The predicted octanol–water partition coefficient (Wildman–Crippen LogP) is 2.78. The average molecular weight is 391 g/mol. The molecule has 0 spiro atoms. The lowest BCUT2D eigenvalue weighted by Gasteiger charge is -2.25. The molecule has 0 bridgehead atoms. The van der Waals surface area contributed by atoms with Crippen LogP contribution in [0.25, 0.3) is 0 Å². The van der Waals surface area contributed by atoms with Gasteiger partial charge in [0.1, 0.15) is 6.54 Å². The molecule has 5 nitrogen and oxygen atoms in total. The van der Waals surface area contributed by atoms with Gasteiger partial charge in [-0.15, -0.1) is 0 Å². The summed E-state index contributed by atoms with van der Waals surface area (Å²) >= 11 is 3.39. The lowest BCUT2D eigenvalue weighted by atomic mass is 10.2. The maximum atomic E-state index is 12.2. The number of sulfonamides is 1. The minimum Gasteiger partial charge on any atom is -0.344 e. The van der Waals surface area contributed by atoms with Crippen molar-refractivity contribution in [2.45, 2.75) is 26.7 Å². The molecule has 0 aliphatic heterocycles. The van der Waals surface area contributed by atoms with Crippen LogP contribution in [0.2, 0.25) is 0 Å². The van der Waals surface area contributed by atoms with Crippen LogP contribution in [0.15, 0.2) is 22.7 Å². The zero-order valence-corrected chi connectivity index (χ0v) is 15.9. The Labute approximate surface area is 141 Å². The molecule has 0 fully saturated rings. The third-order valence-corrected chi connectivity index (χ3v) is 5.39. The summed E-state index contributed by atoms with van der Waals surface area (Å²) in [4.78, 5) is 13.8. The van der Waals surface area contributed by atoms with Gasteiger partial charge in [0.15, 0.2) is 0 Å². The molecule has 0 saturated heterocycles. The molecule has 7 heteroatoms. The molecule has 1 rings (SSSR count). The standard InChI is InChI=1S/C15H23BrN2O3S/c1-5-6-9-17(3)15(19)11-18(22(4,20)21)13-8-7-12(2)14(16)10-13/h7-8,10H,5-6,9,11H2,1-4H3. The van der Waals surface area contributed by atoms with Crippen molar-refractivity contribution >= 4 is 37.5 Å². The fraction of sp³-hybridized carbons (Fsp3) is 0.533. The van der Waals surface area contributed by atoms with Crippen molar-refractivity contribution in [3.63, 3.8) is 0 Å². The third kappa shape index (κ3) is 5.28. The Hall–Kier alpha value is -1.08. The van der Waals surface area contributed by atoms with E-state index in [4.69, 9.17) is 0 Å². The highest BCUT2D eigenvalue weighted by Crippen LogP contribution is 2.25. The normalized spacial score (nSPS) is 11.3. The number of carbonyl (C=O) groups is 1. The quantitative estimate of drug-likeness (QED) is 0.718. The van der Waals surface area contributed by atoms with Crippen molar-refractivity contribution < 1.29 is 13.2 Å². The maximum absolute atomic E-state index is 12.2. The zero-order chi connectivity index (χ0) is 16.9. The van der Waals surface area contributed by atoms with Crippen molar-refractivity contribution in [2.75, 3.05) is 30.7 Å². The maximum Gasteiger partial charge on any atom is 0.243 e.